The lowest BCUT2D eigenvalue weighted by Gasteiger charge is -2.34. The summed E-state index contributed by atoms with van der Waals surface area (Å²) in [5.74, 6) is 1.87. The van der Waals surface area contributed by atoms with Crippen molar-refractivity contribution in [3.63, 3.8) is 0 Å². The second-order valence-electron chi connectivity index (χ2n) is 12.3. The molecule has 0 unspecified atom stereocenters. The Kier molecular flexibility index (Phi) is 5.41. The summed E-state index contributed by atoms with van der Waals surface area (Å²) in [5, 5.41) is 12.2. The van der Waals surface area contributed by atoms with Gasteiger partial charge in [0, 0.05) is 27.8 Å². The maximum atomic E-state index is 7.28. The normalized spacial score (nSPS) is 12.9. The van der Waals surface area contributed by atoms with Crippen molar-refractivity contribution in [1.82, 2.24) is 0 Å². The summed E-state index contributed by atoms with van der Waals surface area (Å²) in [6, 6.07) is 59.5. The number of benzene rings is 9. The summed E-state index contributed by atoms with van der Waals surface area (Å²) in [5.41, 5.74) is 6.24. The van der Waals surface area contributed by atoms with Crippen molar-refractivity contribution in [2.24, 2.45) is 0 Å². The fraction of sp³-hybridized carbons (Fsp3) is 0.0222. The molecule has 1 heterocycles. The Bertz CT molecular complexity index is 2540. The quantitative estimate of drug-likeness (QED) is 0.184. The van der Waals surface area contributed by atoms with Gasteiger partial charge in [-0.1, -0.05) is 164 Å². The van der Waals surface area contributed by atoms with Gasteiger partial charge >= 0.3 is 0 Å². The zero-order valence-corrected chi connectivity index (χ0v) is 25.1. The number of hydrogen-bond donors (Lipinski definition) is 0. The summed E-state index contributed by atoms with van der Waals surface area (Å²) in [6.45, 7) is 0. The summed E-state index contributed by atoms with van der Waals surface area (Å²) in [4.78, 5) is 0. The van der Waals surface area contributed by atoms with Crippen LogP contribution < -0.4 is 4.74 Å². The van der Waals surface area contributed by atoms with Crippen molar-refractivity contribution in [2.45, 2.75) is 5.92 Å². The molecule has 0 amide bonds. The van der Waals surface area contributed by atoms with Crippen molar-refractivity contribution in [2.75, 3.05) is 0 Å². The van der Waals surface area contributed by atoms with E-state index in [1.54, 1.807) is 0 Å². The van der Waals surface area contributed by atoms with E-state index in [0.717, 1.165) is 22.3 Å². The van der Waals surface area contributed by atoms with E-state index in [9.17, 15) is 0 Å². The molecule has 1 aliphatic rings. The topological polar surface area (TPSA) is 9.23 Å². The number of ether oxygens (including phenoxy) is 1. The highest BCUT2D eigenvalue weighted by Gasteiger charge is 2.36. The van der Waals surface area contributed by atoms with Gasteiger partial charge in [-0.15, -0.1) is 0 Å². The molecule has 1 nitrogen and oxygen atoms in total. The van der Waals surface area contributed by atoms with Gasteiger partial charge in [0.05, 0.1) is 0 Å². The largest absolute Gasteiger partial charge is 0.455 e. The van der Waals surface area contributed by atoms with Gasteiger partial charge in [0.1, 0.15) is 11.5 Å². The number of rotatable bonds is 2. The molecule has 46 heavy (non-hydrogen) atoms. The van der Waals surface area contributed by atoms with E-state index in [2.05, 4.69) is 164 Å². The molecule has 0 saturated heterocycles. The van der Waals surface area contributed by atoms with E-state index in [0.29, 0.717) is 0 Å². The highest BCUT2D eigenvalue weighted by atomic mass is 16.5. The third-order valence-electron chi connectivity index (χ3n) is 9.98. The molecule has 214 valence electrons. The lowest BCUT2D eigenvalue weighted by molar-refractivity contribution is 0.467. The van der Waals surface area contributed by atoms with Gasteiger partial charge in [0.25, 0.3) is 0 Å². The summed E-state index contributed by atoms with van der Waals surface area (Å²) >= 11 is 0. The minimum atomic E-state index is -0.0579. The molecule has 9 aromatic carbocycles. The Balaban J connectivity index is 1.42. The molecule has 0 spiro atoms. The Morgan fingerprint density at radius 2 is 0.696 bits per heavy atom. The molecule has 1 aliphatic heterocycles. The van der Waals surface area contributed by atoms with Crippen LogP contribution in [0.1, 0.15) is 22.6 Å². The zero-order chi connectivity index (χ0) is 30.2. The van der Waals surface area contributed by atoms with E-state index in [1.165, 1.54) is 70.9 Å². The average molecular weight is 585 g/mol. The van der Waals surface area contributed by atoms with Gasteiger partial charge in [0.15, 0.2) is 0 Å². The van der Waals surface area contributed by atoms with Gasteiger partial charge in [-0.3, -0.25) is 0 Å². The Labute approximate surface area is 266 Å². The Hall–Kier alpha value is -5.92. The molecule has 0 saturated carbocycles. The van der Waals surface area contributed by atoms with Crippen molar-refractivity contribution in [1.29, 1.82) is 0 Å². The second kappa shape index (κ2) is 9.79. The van der Waals surface area contributed by atoms with Crippen LogP contribution in [0.25, 0.3) is 65.0 Å². The summed E-state index contributed by atoms with van der Waals surface area (Å²) < 4.78 is 7.28. The van der Waals surface area contributed by atoms with Crippen LogP contribution in [0.3, 0.4) is 0 Å². The lowest BCUT2D eigenvalue weighted by Crippen LogP contribution is -2.14. The van der Waals surface area contributed by atoms with Crippen LogP contribution >= 0.6 is 0 Å². The van der Waals surface area contributed by atoms with Gasteiger partial charge in [0.2, 0.25) is 0 Å². The van der Waals surface area contributed by atoms with Crippen LogP contribution in [0.15, 0.2) is 164 Å². The van der Waals surface area contributed by atoms with Crippen LogP contribution in [-0.2, 0) is 0 Å². The highest BCUT2D eigenvalue weighted by molar-refractivity contribution is 6.17. The minimum absolute atomic E-state index is 0.0579. The molecule has 0 N–H and O–H groups in total. The number of fused-ring (bicyclic) bond motifs is 13. The minimum Gasteiger partial charge on any atom is -0.455 e. The maximum Gasteiger partial charge on any atom is 0.140 e. The highest BCUT2D eigenvalue weighted by Crippen LogP contribution is 2.58. The molecule has 9 aromatic rings. The van der Waals surface area contributed by atoms with Crippen LogP contribution in [0.4, 0.5) is 0 Å². The molecule has 0 fully saturated rings. The SMILES string of the molecule is c1ccc(-c2ccc(C3c4c(c5ccccc5c5ccccc45)Oc4c3c3ccccc3c3ccccc43)c3ccccc23)cc1. The van der Waals surface area contributed by atoms with E-state index in [1.807, 2.05) is 0 Å². The first kappa shape index (κ1) is 25.4. The van der Waals surface area contributed by atoms with E-state index in [4.69, 9.17) is 4.74 Å². The first-order valence-electron chi connectivity index (χ1n) is 16.0. The number of hydrogen-bond acceptors (Lipinski definition) is 1. The van der Waals surface area contributed by atoms with Crippen molar-refractivity contribution >= 4 is 53.9 Å². The summed E-state index contributed by atoms with van der Waals surface area (Å²) in [6.07, 6.45) is 0. The smallest absolute Gasteiger partial charge is 0.140 e. The molecule has 0 radical (unpaired) electrons. The Morgan fingerprint density at radius 1 is 0.304 bits per heavy atom. The van der Waals surface area contributed by atoms with Crippen LogP contribution in [0.5, 0.6) is 11.5 Å². The van der Waals surface area contributed by atoms with Gasteiger partial charge < -0.3 is 4.74 Å². The van der Waals surface area contributed by atoms with E-state index in [-0.39, 0.29) is 5.92 Å². The molecular formula is C45H28O. The first-order chi connectivity index (χ1) is 22.9. The molecule has 0 aromatic heterocycles. The van der Waals surface area contributed by atoms with E-state index >= 15 is 0 Å². The van der Waals surface area contributed by atoms with Crippen molar-refractivity contribution in [3.05, 3.63) is 180 Å². The molecule has 0 aliphatic carbocycles. The third kappa shape index (κ3) is 3.51. The van der Waals surface area contributed by atoms with Crippen molar-refractivity contribution < 1.29 is 4.74 Å². The predicted molar refractivity (Wildman–Crippen MR) is 193 cm³/mol. The van der Waals surface area contributed by atoms with E-state index < -0.39 is 0 Å². The third-order valence-corrected chi connectivity index (χ3v) is 9.98. The van der Waals surface area contributed by atoms with Crippen LogP contribution in [0, 0.1) is 0 Å². The molecule has 0 atom stereocenters. The lowest BCUT2D eigenvalue weighted by atomic mass is 9.75. The zero-order valence-electron chi connectivity index (χ0n) is 25.1. The maximum absolute atomic E-state index is 7.28. The Morgan fingerprint density at radius 3 is 1.22 bits per heavy atom. The predicted octanol–water partition coefficient (Wildman–Crippen LogP) is 12.4. The fourth-order valence-electron chi connectivity index (χ4n) is 8.07. The van der Waals surface area contributed by atoms with Gasteiger partial charge in [-0.25, -0.2) is 0 Å². The standard InChI is InChI=1S/C45H28O/c1-2-14-28(15-3-1)29-26-27-38(31-17-5-4-16-30(29)31)41-42-36-22-10-6-18-32(36)34-20-8-12-24-39(34)44(42)46-45-40-25-13-9-21-35(40)33-19-7-11-23-37(33)43(41)45/h1-27,41H. The fourth-order valence-corrected chi connectivity index (χ4v) is 8.07. The average Bonchev–Trinajstić information content (AvgIpc) is 3.14. The monoisotopic (exact) mass is 584 g/mol. The van der Waals surface area contributed by atoms with Crippen LogP contribution in [-0.4, -0.2) is 0 Å². The summed E-state index contributed by atoms with van der Waals surface area (Å²) in [7, 11) is 0. The van der Waals surface area contributed by atoms with Gasteiger partial charge in [-0.05, 0) is 59.8 Å². The van der Waals surface area contributed by atoms with Gasteiger partial charge in [-0.2, -0.15) is 0 Å². The molecule has 10 rings (SSSR count). The van der Waals surface area contributed by atoms with Crippen LogP contribution in [0.2, 0.25) is 0 Å². The first-order valence-corrected chi connectivity index (χ1v) is 16.0. The second-order valence-corrected chi connectivity index (χ2v) is 12.3. The van der Waals surface area contributed by atoms with Crippen molar-refractivity contribution in [3.8, 4) is 22.6 Å². The molecule has 1 heteroatoms. The molecule has 0 bridgehead atoms. The molecular weight excluding hydrogens is 556 g/mol.